The van der Waals surface area contributed by atoms with Gasteiger partial charge in [0.2, 0.25) is 5.82 Å². The minimum Gasteiger partial charge on any atom is -0.495 e. The molecule has 0 bridgehead atoms. The quantitative estimate of drug-likeness (QED) is 0.147. The number of carbonyl (C=O) groups excluding carboxylic acids is 1. The van der Waals surface area contributed by atoms with Crippen LogP contribution in [-0.4, -0.2) is 39.3 Å². The fraction of sp³-hybridized carbons (Fsp3) is 0.152. The summed E-state index contributed by atoms with van der Waals surface area (Å²) in [4.78, 5) is 17.6. The Balaban J connectivity index is 1.12. The molecule has 0 fully saturated rings. The summed E-state index contributed by atoms with van der Waals surface area (Å²) in [6.07, 6.45) is 2.39. The van der Waals surface area contributed by atoms with Crippen LogP contribution in [0.15, 0.2) is 118 Å². The van der Waals surface area contributed by atoms with Crippen LogP contribution in [0.25, 0.3) is 17.3 Å². The summed E-state index contributed by atoms with van der Waals surface area (Å²) in [6.45, 7) is 0.534. The number of aromatic nitrogens is 4. The lowest BCUT2D eigenvalue weighted by Gasteiger charge is -2.18. The Morgan fingerprint density at radius 2 is 1.67 bits per heavy atom. The van der Waals surface area contributed by atoms with E-state index in [4.69, 9.17) is 9.15 Å². The van der Waals surface area contributed by atoms with E-state index >= 15 is 0 Å². The number of benzene rings is 3. The molecule has 0 spiro atoms. The average Bonchev–Trinajstić information content (AvgIpc) is 3.84. The van der Waals surface area contributed by atoms with Crippen molar-refractivity contribution in [3.8, 4) is 23.0 Å². The van der Waals surface area contributed by atoms with Crippen molar-refractivity contribution >= 4 is 29.0 Å². The zero-order valence-electron chi connectivity index (χ0n) is 23.4. The van der Waals surface area contributed by atoms with Crippen LogP contribution in [0.4, 0.5) is 0 Å². The van der Waals surface area contributed by atoms with E-state index in [1.165, 1.54) is 34.2 Å². The number of thioether (sulfide) groups is 1. The number of methoxy groups -OCH3 is 1. The van der Waals surface area contributed by atoms with E-state index in [2.05, 4.69) is 69.0 Å². The number of carbonyl (C=O) groups is 1. The fourth-order valence-electron chi connectivity index (χ4n) is 4.89. The van der Waals surface area contributed by atoms with Crippen molar-refractivity contribution in [1.82, 2.24) is 25.1 Å². The second-order valence-corrected chi connectivity index (χ2v) is 11.5. The lowest BCUT2D eigenvalue weighted by atomic mass is 9.88. The van der Waals surface area contributed by atoms with Gasteiger partial charge in [0.25, 0.3) is 5.91 Å². The number of rotatable bonds is 12. The Bertz CT molecular complexity index is 1730. The second-order valence-electron chi connectivity index (χ2n) is 9.62. The Kier molecular flexibility index (Phi) is 8.96. The van der Waals surface area contributed by atoms with Gasteiger partial charge >= 0.3 is 0 Å². The van der Waals surface area contributed by atoms with Crippen LogP contribution in [0.1, 0.15) is 39.0 Å². The van der Waals surface area contributed by atoms with E-state index in [1.54, 1.807) is 18.8 Å². The van der Waals surface area contributed by atoms with Crippen molar-refractivity contribution in [2.24, 2.45) is 0 Å². The van der Waals surface area contributed by atoms with Crippen LogP contribution in [0.3, 0.4) is 0 Å². The molecule has 8 nitrogen and oxygen atoms in total. The van der Waals surface area contributed by atoms with E-state index in [-0.39, 0.29) is 11.8 Å². The number of ether oxygens (including phenoxy) is 1. The number of nitrogens with zero attached hydrogens (tertiary/aromatic N) is 4. The molecule has 0 aliphatic rings. The monoisotopic (exact) mass is 607 g/mol. The molecule has 0 saturated heterocycles. The molecule has 216 valence electrons. The maximum Gasteiger partial charge on any atom is 0.270 e. The van der Waals surface area contributed by atoms with E-state index in [1.807, 2.05) is 53.1 Å². The van der Waals surface area contributed by atoms with Gasteiger partial charge in [-0.25, -0.2) is 4.98 Å². The molecule has 43 heavy (non-hydrogen) atoms. The van der Waals surface area contributed by atoms with Gasteiger partial charge in [-0.2, -0.15) is 0 Å². The van der Waals surface area contributed by atoms with Gasteiger partial charge in [-0.1, -0.05) is 84.6 Å². The zero-order chi connectivity index (χ0) is 29.4. The molecule has 0 aliphatic carbocycles. The van der Waals surface area contributed by atoms with Crippen molar-refractivity contribution in [1.29, 1.82) is 0 Å². The van der Waals surface area contributed by atoms with E-state index in [0.29, 0.717) is 40.5 Å². The minimum atomic E-state index is -0.176. The molecule has 6 aromatic rings. The van der Waals surface area contributed by atoms with Gasteiger partial charge in [0.15, 0.2) is 10.9 Å². The molecule has 3 heterocycles. The summed E-state index contributed by atoms with van der Waals surface area (Å²) < 4.78 is 13.2. The first-order chi connectivity index (χ1) is 21.2. The number of furan rings is 1. The molecular weight excluding hydrogens is 579 g/mol. The summed E-state index contributed by atoms with van der Waals surface area (Å²) in [5.74, 6) is 2.39. The molecule has 0 saturated carbocycles. The third kappa shape index (κ3) is 6.55. The summed E-state index contributed by atoms with van der Waals surface area (Å²) in [7, 11) is 1.63. The molecule has 1 amide bonds. The van der Waals surface area contributed by atoms with Gasteiger partial charge in [0.1, 0.15) is 16.5 Å². The van der Waals surface area contributed by atoms with Crippen molar-refractivity contribution in [2.75, 3.05) is 13.7 Å². The highest BCUT2D eigenvalue weighted by Crippen LogP contribution is 2.34. The highest BCUT2D eigenvalue weighted by molar-refractivity contribution is 7.98. The van der Waals surface area contributed by atoms with Gasteiger partial charge in [-0.15, -0.1) is 21.5 Å². The number of hydrogen-bond acceptors (Lipinski definition) is 8. The van der Waals surface area contributed by atoms with Gasteiger partial charge in [0, 0.05) is 17.8 Å². The van der Waals surface area contributed by atoms with Crippen molar-refractivity contribution < 1.29 is 13.9 Å². The zero-order valence-corrected chi connectivity index (χ0v) is 25.1. The molecule has 10 heteroatoms. The summed E-state index contributed by atoms with van der Waals surface area (Å²) in [6, 6.07) is 32.1. The standard InChI is InChI=1S/C33H29N5O3S2/c1-40-28-16-9-8-15-27(28)38-31(29-17-10-20-41-29)36-37-33(38)43-22-30-35-26(21-42-30)32(39)34-19-18-25(23-11-4-2-5-12-23)24-13-6-3-7-14-24/h2-17,20-21,25H,18-19,22H2,1H3,(H,34,39). The molecule has 0 atom stereocenters. The lowest BCUT2D eigenvalue weighted by molar-refractivity contribution is 0.0948. The highest BCUT2D eigenvalue weighted by atomic mass is 32.2. The first-order valence-electron chi connectivity index (χ1n) is 13.8. The van der Waals surface area contributed by atoms with Gasteiger partial charge in [-0.3, -0.25) is 9.36 Å². The van der Waals surface area contributed by atoms with Gasteiger partial charge < -0.3 is 14.5 Å². The Labute approximate surface area is 257 Å². The third-order valence-corrected chi connectivity index (χ3v) is 8.90. The topological polar surface area (TPSA) is 95.1 Å². The Hall–Kier alpha value is -4.67. The van der Waals surface area contributed by atoms with Crippen molar-refractivity contribution in [3.05, 3.63) is 131 Å². The van der Waals surface area contributed by atoms with Crippen LogP contribution >= 0.6 is 23.1 Å². The van der Waals surface area contributed by atoms with Crippen molar-refractivity contribution in [3.63, 3.8) is 0 Å². The lowest BCUT2D eigenvalue weighted by Crippen LogP contribution is -2.26. The number of thiazole rings is 1. The maximum atomic E-state index is 13.0. The predicted octanol–water partition coefficient (Wildman–Crippen LogP) is 7.24. The summed E-state index contributed by atoms with van der Waals surface area (Å²) >= 11 is 2.93. The first kappa shape index (κ1) is 28.4. The van der Waals surface area contributed by atoms with E-state index in [9.17, 15) is 4.79 Å². The number of hydrogen-bond donors (Lipinski definition) is 1. The predicted molar refractivity (Wildman–Crippen MR) is 169 cm³/mol. The molecule has 3 aromatic carbocycles. The van der Waals surface area contributed by atoms with Crippen LogP contribution in [0.2, 0.25) is 0 Å². The van der Waals surface area contributed by atoms with Gasteiger partial charge in [-0.05, 0) is 41.8 Å². The van der Waals surface area contributed by atoms with E-state index in [0.717, 1.165) is 17.1 Å². The second kappa shape index (κ2) is 13.5. The number of para-hydroxylation sites is 2. The summed E-state index contributed by atoms with van der Waals surface area (Å²) in [5.41, 5.74) is 3.67. The Morgan fingerprint density at radius 3 is 2.37 bits per heavy atom. The SMILES string of the molecule is COc1ccccc1-n1c(SCc2nc(C(=O)NCCC(c3ccccc3)c3ccccc3)cs2)nnc1-c1ccco1. The average molecular weight is 608 g/mol. The molecule has 1 N–H and O–H groups in total. The van der Waals surface area contributed by atoms with Gasteiger partial charge in [0.05, 0.1) is 24.8 Å². The first-order valence-corrected chi connectivity index (χ1v) is 15.7. The molecular formula is C33H29N5O3S2. The molecule has 0 unspecified atom stereocenters. The highest BCUT2D eigenvalue weighted by Gasteiger charge is 2.21. The molecule has 6 rings (SSSR count). The third-order valence-electron chi connectivity index (χ3n) is 6.93. The molecule has 0 aliphatic heterocycles. The smallest absolute Gasteiger partial charge is 0.270 e. The normalized spacial score (nSPS) is 11.1. The molecule has 3 aromatic heterocycles. The van der Waals surface area contributed by atoms with E-state index < -0.39 is 0 Å². The van der Waals surface area contributed by atoms with Crippen molar-refractivity contribution in [2.45, 2.75) is 23.2 Å². The summed E-state index contributed by atoms with van der Waals surface area (Å²) in [5, 5.41) is 15.2. The van der Waals surface area contributed by atoms with Crippen LogP contribution in [0, 0.1) is 0 Å². The minimum absolute atomic E-state index is 0.176. The Morgan fingerprint density at radius 1 is 0.953 bits per heavy atom. The largest absolute Gasteiger partial charge is 0.495 e. The van der Waals surface area contributed by atoms with Crippen LogP contribution in [-0.2, 0) is 5.75 Å². The molecule has 0 radical (unpaired) electrons. The fourth-order valence-corrected chi connectivity index (χ4v) is 6.62. The van der Waals surface area contributed by atoms with Crippen LogP contribution in [0.5, 0.6) is 5.75 Å². The number of amides is 1. The maximum absolute atomic E-state index is 13.0. The number of nitrogens with one attached hydrogen (secondary N) is 1. The van der Waals surface area contributed by atoms with Crippen LogP contribution < -0.4 is 10.1 Å².